The van der Waals surface area contributed by atoms with Gasteiger partial charge in [-0.1, -0.05) is 42.0 Å². The van der Waals surface area contributed by atoms with Crippen molar-refractivity contribution in [3.63, 3.8) is 0 Å². The van der Waals surface area contributed by atoms with Crippen LogP contribution < -0.4 is 0 Å². The third-order valence-electron chi connectivity index (χ3n) is 2.54. The predicted octanol–water partition coefficient (Wildman–Crippen LogP) is 3.22. The summed E-state index contributed by atoms with van der Waals surface area (Å²) >= 11 is 0. The van der Waals surface area contributed by atoms with Crippen molar-refractivity contribution < 1.29 is 9.53 Å². The van der Waals surface area contributed by atoms with Gasteiger partial charge in [0.2, 0.25) is 0 Å². The van der Waals surface area contributed by atoms with Crippen molar-refractivity contribution in [3.05, 3.63) is 47.5 Å². The lowest BCUT2D eigenvalue weighted by molar-refractivity contribution is -0.140. The standard InChI is InChI=1S/C14H18O2/c1-4-5-13(10-14(15)16-3)12-8-6-11(2)7-9-12/h4-9,13H,10H2,1-3H3/b5-4-/t13-/m0/s1. The lowest BCUT2D eigenvalue weighted by atomic mass is 9.94. The van der Waals surface area contributed by atoms with E-state index in [9.17, 15) is 4.79 Å². The Kier molecular flexibility index (Phi) is 4.77. The molecule has 0 fully saturated rings. The van der Waals surface area contributed by atoms with Crippen LogP contribution in [0.3, 0.4) is 0 Å². The summed E-state index contributed by atoms with van der Waals surface area (Å²) in [6.45, 7) is 4.01. The first-order valence-electron chi connectivity index (χ1n) is 5.43. The maximum Gasteiger partial charge on any atom is 0.306 e. The molecule has 86 valence electrons. The summed E-state index contributed by atoms with van der Waals surface area (Å²) in [7, 11) is 1.42. The van der Waals surface area contributed by atoms with Gasteiger partial charge < -0.3 is 4.74 Å². The Morgan fingerprint density at radius 2 is 2.00 bits per heavy atom. The SMILES string of the molecule is C/C=C\[C@@H](CC(=O)OC)c1ccc(C)cc1. The van der Waals surface area contributed by atoms with Crippen LogP contribution in [0.1, 0.15) is 30.4 Å². The largest absolute Gasteiger partial charge is 0.469 e. The van der Waals surface area contributed by atoms with Crippen molar-refractivity contribution in [2.45, 2.75) is 26.2 Å². The number of hydrogen-bond donors (Lipinski definition) is 0. The Bertz CT molecular complexity index is 363. The number of aryl methyl sites for hydroxylation is 1. The summed E-state index contributed by atoms with van der Waals surface area (Å²) in [6.07, 6.45) is 4.39. The minimum Gasteiger partial charge on any atom is -0.469 e. The summed E-state index contributed by atoms with van der Waals surface area (Å²) in [5.74, 6) is -0.0678. The van der Waals surface area contributed by atoms with Gasteiger partial charge in [0, 0.05) is 5.92 Å². The summed E-state index contributed by atoms with van der Waals surface area (Å²) in [4.78, 5) is 11.3. The predicted molar refractivity (Wildman–Crippen MR) is 65.4 cm³/mol. The van der Waals surface area contributed by atoms with Crippen molar-refractivity contribution in [1.29, 1.82) is 0 Å². The molecule has 2 nitrogen and oxygen atoms in total. The second-order valence-electron chi connectivity index (χ2n) is 3.82. The summed E-state index contributed by atoms with van der Waals surface area (Å²) in [5, 5.41) is 0. The molecule has 0 aromatic heterocycles. The lowest BCUT2D eigenvalue weighted by Crippen LogP contribution is -2.06. The molecule has 1 aromatic carbocycles. The van der Waals surface area contributed by atoms with Crippen LogP contribution in [0.4, 0.5) is 0 Å². The van der Waals surface area contributed by atoms with Crippen molar-refractivity contribution in [3.8, 4) is 0 Å². The van der Waals surface area contributed by atoms with Gasteiger partial charge in [-0.25, -0.2) is 0 Å². The molecule has 1 atom stereocenters. The molecule has 16 heavy (non-hydrogen) atoms. The van der Waals surface area contributed by atoms with Gasteiger partial charge in [-0.05, 0) is 19.4 Å². The molecule has 0 aliphatic heterocycles. The lowest BCUT2D eigenvalue weighted by Gasteiger charge is -2.12. The summed E-state index contributed by atoms with van der Waals surface area (Å²) in [6, 6.07) is 8.23. The van der Waals surface area contributed by atoms with Crippen LogP contribution in [-0.2, 0) is 9.53 Å². The van der Waals surface area contributed by atoms with Gasteiger partial charge in [0.25, 0.3) is 0 Å². The van der Waals surface area contributed by atoms with Gasteiger partial charge >= 0.3 is 5.97 Å². The molecule has 0 aliphatic rings. The molecule has 0 unspecified atom stereocenters. The molecule has 1 rings (SSSR count). The Labute approximate surface area is 96.9 Å². The van der Waals surface area contributed by atoms with E-state index in [0.717, 1.165) is 5.56 Å². The zero-order valence-electron chi connectivity index (χ0n) is 10.1. The van der Waals surface area contributed by atoms with E-state index >= 15 is 0 Å². The zero-order valence-corrected chi connectivity index (χ0v) is 10.1. The number of ether oxygens (including phenoxy) is 1. The fraction of sp³-hybridized carbons (Fsp3) is 0.357. The Morgan fingerprint density at radius 3 is 2.50 bits per heavy atom. The van der Waals surface area contributed by atoms with Crippen LogP contribution in [0, 0.1) is 6.92 Å². The van der Waals surface area contributed by atoms with Crippen LogP contribution in [0.2, 0.25) is 0 Å². The molecule has 0 radical (unpaired) electrons. The molecular weight excluding hydrogens is 200 g/mol. The van der Waals surface area contributed by atoms with E-state index in [2.05, 4.69) is 31.2 Å². The highest BCUT2D eigenvalue weighted by Gasteiger charge is 2.13. The Morgan fingerprint density at radius 1 is 1.38 bits per heavy atom. The molecule has 2 heteroatoms. The van der Waals surface area contributed by atoms with Gasteiger partial charge in [0.05, 0.1) is 13.5 Å². The second-order valence-corrected chi connectivity index (χ2v) is 3.82. The van der Waals surface area contributed by atoms with E-state index in [1.807, 2.05) is 19.1 Å². The average Bonchev–Trinajstić information content (AvgIpc) is 2.29. The van der Waals surface area contributed by atoms with Crippen LogP contribution in [-0.4, -0.2) is 13.1 Å². The third-order valence-corrected chi connectivity index (χ3v) is 2.54. The number of allylic oxidation sites excluding steroid dienone is 2. The fourth-order valence-electron chi connectivity index (χ4n) is 1.61. The van der Waals surface area contributed by atoms with E-state index in [1.165, 1.54) is 12.7 Å². The zero-order chi connectivity index (χ0) is 12.0. The number of esters is 1. The van der Waals surface area contributed by atoms with Crippen LogP contribution >= 0.6 is 0 Å². The third kappa shape index (κ3) is 3.54. The second kappa shape index (κ2) is 6.11. The molecule has 0 saturated heterocycles. The highest BCUT2D eigenvalue weighted by atomic mass is 16.5. The highest BCUT2D eigenvalue weighted by molar-refractivity contribution is 5.70. The molecule has 0 aliphatic carbocycles. The fourth-order valence-corrected chi connectivity index (χ4v) is 1.61. The van der Waals surface area contributed by atoms with Gasteiger partial charge in [-0.15, -0.1) is 0 Å². The first kappa shape index (κ1) is 12.5. The molecule has 0 heterocycles. The van der Waals surface area contributed by atoms with Crippen molar-refractivity contribution in [2.75, 3.05) is 7.11 Å². The Hall–Kier alpha value is -1.57. The monoisotopic (exact) mass is 218 g/mol. The molecule has 1 aromatic rings. The van der Waals surface area contributed by atoms with E-state index in [1.54, 1.807) is 0 Å². The average molecular weight is 218 g/mol. The van der Waals surface area contributed by atoms with Crippen LogP contribution in [0.25, 0.3) is 0 Å². The molecule has 0 N–H and O–H groups in total. The van der Waals surface area contributed by atoms with Gasteiger partial charge in [0.1, 0.15) is 0 Å². The number of benzene rings is 1. The molecule has 0 bridgehead atoms. The van der Waals surface area contributed by atoms with Gasteiger partial charge in [-0.2, -0.15) is 0 Å². The first-order chi connectivity index (χ1) is 7.67. The molecular formula is C14H18O2. The number of carbonyl (C=O) groups is 1. The van der Waals surface area contributed by atoms with Crippen LogP contribution in [0.5, 0.6) is 0 Å². The van der Waals surface area contributed by atoms with Crippen LogP contribution in [0.15, 0.2) is 36.4 Å². The van der Waals surface area contributed by atoms with Crippen molar-refractivity contribution >= 4 is 5.97 Å². The van der Waals surface area contributed by atoms with E-state index in [0.29, 0.717) is 6.42 Å². The van der Waals surface area contributed by atoms with Gasteiger partial charge in [0.15, 0.2) is 0 Å². The first-order valence-corrected chi connectivity index (χ1v) is 5.43. The van der Waals surface area contributed by atoms with E-state index < -0.39 is 0 Å². The number of hydrogen-bond acceptors (Lipinski definition) is 2. The normalized spacial score (nSPS) is 12.7. The topological polar surface area (TPSA) is 26.3 Å². The van der Waals surface area contributed by atoms with E-state index in [-0.39, 0.29) is 11.9 Å². The summed E-state index contributed by atoms with van der Waals surface area (Å²) in [5.41, 5.74) is 2.37. The molecule has 0 spiro atoms. The van der Waals surface area contributed by atoms with Gasteiger partial charge in [-0.3, -0.25) is 4.79 Å². The molecule has 0 amide bonds. The smallest absolute Gasteiger partial charge is 0.306 e. The maximum absolute atomic E-state index is 11.3. The minimum atomic E-state index is -0.177. The van der Waals surface area contributed by atoms with Crippen molar-refractivity contribution in [2.24, 2.45) is 0 Å². The van der Waals surface area contributed by atoms with Crippen molar-refractivity contribution in [1.82, 2.24) is 0 Å². The number of carbonyl (C=O) groups excluding carboxylic acids is 1. The van der Waals surface area contributed by atoms with E-state index in [4.69, 9.17) is 4.74 Å². The maximum atomic E-state index is 11.3. The number of methoxy groups -OCH3 is 1. The Balaban J connectivity index is 2.84. The molecule has 0 saturated carbocycles. The highest BCUT2D eigenvalue weighted by Crippen LogP contribution is 2.22. The number of rotatable bonds is 4. The summed E-state index contributed by atoms with van der Waals surface area (Å²) < 4.78 is 4.70. The quantitative estimate of drug-likeness (QED) is 0.573. The minimum absolute atomic E-state index is 0.109.